The average Bonchev–Trinajstić information content (AvgIpc) is 2.55. The maximum absolute atomic E-state index is 11.5. The molecule has 0 aromatic heterocycles. The van der Waals surface area contributed by atoms with Gasteiger partial charge in [-0.2, -0.15) is 0 Å². The Hall–Kier alpha value is -1.22. The number of esters is 2. The predicted molar refractivity (Wildman–Crippen MR) is 75.7 cm³/mol. The Morgan fingerprint density at radius 3 is 1.23 bits per heavy atom. The quantitative estimate of drug-likeness (QED) is 0.350. The second-order valence-electron chi connectivity index (χ2n) is 6.08. The van der Waals surface area contributed by atoms with Crippen LogP contribution in [0.3, 0.4) is 0 Å². The first-order valence-corrected chi connectivity index (χ1v) is 6.99. The van der Waals surface area contributed by atoms with E-state index in [9.17, 15) is 9.59 Å². The molecule has 0 spiro atoms. The van der Waals surface area contributed by atoms with Crippen molar-refractivity contribution in [1.82, 2.24) is 0 Å². The number of carbonyl (C=O) groups excluding carboxylic acids is 2. The third kappa shape index (κ3) is 7.69. The molecule has 130 valence electrons. The molecule has 8 nitrogen and oxygen atoms in total. The molecule has 0 heterocycles. The summed E-state index contributed by atoms with van der Waals surface area (Å²) in [6, 6.07) is 0. The van der Waals surface area contributed by atoms with Crippen LogP contribution in [-0.4, -0.2) is 72.0 Å². The van der Waals surface area contributed by atoms with Gasteiger partial charge in [-0.1, -0.05) is 13.8 Å². The van der Waals surface area contributed by atoms with Crippen molar-refractivity contribution in [3.05, 3.63) is 0 Å². The van der Waals surface area contributed by atoms with Crippen molar-refractivity contribution < 1.29 is 39.5 Å². The highest BCUT2D eigenvalue weighted by Crippen LogP contribution is 2.16. The van der Waals surface area contributed by atoms with Gasteiger partial charge < -0.3 is 29.9 Å². The lowest BCUT2D eigenvalue weighted by Crippen LogP contribution is -2.33. The molecule has 0 aromatic rings. The van der Waals surface area contributed by atoms with Crippen LogP contribution >= 0.6 is 0 Å². The highest BCUT2D eigenvalue weighted by atomic mass is 16.5. The summed E-state index contributed by atoms with van der Waals surface area (Å²) in [6.45, 7) is 1.47. The summed E-state index contributed by atoms with van der Waals surface area (Å²) in [6.07, 6.45) is -0.387. The summed E-state index contributed by atoms with van der Waals surface area (Å²) in [4.78, 5) is 22.9. The average molecular weight is 322 g/mol. The highest BCUT2D eigenvalue weighted by Gasteiger charge is 2.26. The first-order chi connectivity index (χ1) is 10.2. The van der Waals surface area contributed by atoms with Gasteiger partial charge in [0.15, 0.2) is 0 Å². The van der Waals surface area contributed by atoms with E-state index in [1.807, 2.05) is 0 Å². The molecule has 0 aliphatic heterocycles. The third-order valence-electron chi connectivity index (χ3n) is 3.22. The number of hydrogen-bond acceptors (Lipinski definition) is 8. The molecule has 0 rings (SSSR count). The number of aliphatic hydroxyl groups is 4. The molecule has 0 saturated carbocycles. The molecule has 0 unspecified atom stereocenters. The lowest BCUT2D eigenvalue weighted by atomic mass is 9.94. The van der Waals surface area contributed by atoms with Crippen LogP contribution in [0, 0.1) is 10.8 Å². The third-order valence-corrected chi connectivity index (χ3v) is 3.22. The molecule has 4 N–H and O–H groups in total. The van der Waals surface area contributed by atoms with Crippen LogP contribution in [0.25, 0.3) is 0 Å². The van der Waals surface area contributed by atoms with Crippen molar-refractivity contribution in [3.63, 3.8) is 0 Å². The Morgan fingerprint density at radius 2 is 1.00 bits per heavy atom. The zero-order chi connectivity index (χ0) is 17.2. The maximum Gasteiger partial charge on any atom is 0.306 e. The van der Waals surface area contributed by atoms with Crippen molar-refractivity contribution in [2.45, 2.75) is 26.7 Å². The molecule has 0 bridgehead atoms. The first kappa shape index (κ1) is 20.8. The van der Waals surface area contributed by atoms with Crippen LogP contribution in [0.1, 0.15) is 26.7 Å². The van der Waals surface area contributed by atoms with Gasteiger partial charge in [0.25, 0.3) is 0 Å². The molecular weight excluding hydrogens is 296 g/mol. The molecule has 0 aliphatic carbocycles. The fraction of sp³-hybridized carbons (Fsp3) is 0.857. The van der Waals surface area contributed by atoms with Gasteiger partial charge in [0.1, 0.15) is 13.2 Å². The Kier molecular flexibility index (Phi) is 9.19. The van der Waals surface area contributed by atoms with E-state index in [4.69, 9.17) is 29.9 Å². The van der Waals surface area contributed by atoms with Gasteiger partial charge in [0.05, 0.1) is 39.3 Å². The van der Waals surface area contributed by atoms with E-state index in [0.29, 0.717) is 0 Å². The van der Waals surface area contributed by atoms with E-state index in [2.05, 4.69) is 0 Å². The van der Waals surface area contributed by atoms with Crippen molar-refractivity contribution in [2.24, 2.45) is 10.8 Å². The minimum absolute atomic E-state index is 0.152. The minimum atomic E-state index is -0.916. The van der Waals surface area contributed by atoms with E-state index in [0.717, 1.165) is 0 Å². The largest absolute Gasteiger partial charge is 0.465 e. The first-order valence-electron chi connectivity index (χ1n) is 6.99. The van der Waals surface area contributed by atoms with Crippen molar-refractivity contribution in [1.29, 1.82) is 0 Å². The molecular formula is C14H26O8. The van der Waals surface area contributed by atoms with Crippen LogP contribution in [0.4, 0.5) is 0 Å². The van der Waals surface area contributed by atoms with Crippen LogP contribution in [0.5, 0.6) is 0 Å². The second-order valence-corrected chi connectivity index (χ2v) is 6.08. The summed E-state index contributed by atoms with van der Waals surface area (Å²) in [5, 5.41) is 36.2. The van der Waals surface area contributed by atoms with Crippen LogP contribution in [0.15, 0.2) is 0 Å². The SMILES string of the molecule is CC(CO)(CO)COC(=O)CCC(=O)OCC(C)(CO)CO. The number of carbonyl (C=O) groups is 2. The number of rotatable bonds is 11. The van der Waals surface area contributed by atoms with Gasteiger partial charge >= 0.3 is 11.9 Å². The molecule has 0 aliphatic rings. The number of hydrogen-bond donors (Lipinski definition) is 4. The van der Waals surface area contributed by atoms with E-state index in [-0.39, 0.29) is 52.5 Å². The molecule has 0 saturated heterocycles. The molecule has 22 heavy (non-hydrogen) atoms. The Labute approximate surface area is 129 Å². The van der Waals surface area contributed by atoms with Crippen molar-refractivity contribution in [3.8, 4) is 0 Å². The normalized spacial score (nSPS) is 12.1. The lowest BCUT2D eigenvalue weighted by molar-refractivity contribution is -0.155. The Balaban J connectivity index is 4.03. The van der Waals surface area contributed by atoms with Gasteiger partial charge in [-0.25, -0.2) is 0 Å². The number of ether oxygens (including phenoxy) is 2. The standard InChI is InChI=1S/C14H26O8/c1-13(5-15,6-16)9-21-11(19)3-4-12(20)22-10-14(2,7-17)8-18/h15-18H,3-10H2,1-2H3. The smallest absolute Gasteiger partial charge is 0.306 e. The van der Waals surface area contributed by atoms with Gasteiger partial charge in [-0.05, 0) is 0 Å². The summed E-state index contributed by atoms with van der Waals surface area (Å²) in [5.41, 5.74) is -1.83. The molecule has 0 radical (unpaired) electrons. The molecule has 0 aromatic carbocycles. The summed E-state index contributed by atoms with van der Waals surface area (Å²) < 4.78 is 9.76. The second kappa shape index (κ2) is 9.73. The van der Waals surface area contributed by atoms with Gasteiger partial charge in [0.2, 0.25) is 0 Å². The fourth-order valence-electron chi connectivity index (χ4n) is 1.14. The lowest BCUT2D eigenvalue weighted by Gasteiger charge is -2.24. The van der Waals surface area contributed by atoms with Crippen LogP contribution < -0.4 is 0 Å². The zero-order valence-electron chi connectivity index (χ0n) is 13.1. The van der Waals surface area contributed by atoms with Crippen molar-refractivity contribution >= 4 is 11.9 Å². The van der Waals surface area contributed by atoms with E-state index in [1.165, 1.54) is 0 Å². The van der Waals surface area contributed by atoms with Gasteiger partial charge in [0, 0.05) is 10.8 Å². The molecule has 0 fully saturated rings. The Bertz CT molecular complexity index is 313. The summed E-state index contributed by atoms with van der Waals surface area (Å²) >= 11 is 0. The summed E-state index contributed by atoms with van der Waals surface area (Å²) in [7, 11) is 0. The van der Waals surface area contributed by atoms with Gasteiger partial charge in [-0.15, -0.1) is 0 Å². The highest BCUT2D eigenvalue weighted by molar-refractivity contribution is 5.77. The minimum Gasteiger partial charge on any atom is -0.465 e. The zero-order valence-corrected chi connectivity index (χ0v) is 13.1. The van der Waals surface area contributed by atoms with E-state index >= 15 is 0 Å². The monoisotopic (exact) mass is 322 g/mol. The molecule has 8 heteroatoms. The molecule has 0 amide bonds. The maximum atomic E-state index is 11.5. The predicted octanol–water partition coefficient (Wildman–Crippen LogP) is -1.17. The topological polar surface area (TPSA) is 134 Å². The van der Waals surface area contributed by atoms with E-state index < -0.39 is 22.8 Å². The van der Waals surface area contributed by atoms with Crippen LogP contribution in [0.2, 0.25) is 0 Å². The van der Waals surface area contributed by atoms with E-state index in [1.54, 1.807) is 13.8 Å². The number of aliphatic hydroxyl groups excluding tert-OH is 4. The summed E-state index contributed by atoms with van der Waals surface area (Å²) in [5.74, 6) is -1.28. The van der Waals surface area contributed by atoms with Crippen LogP contribution in [-0.2, 0) is 19.1 Å². The molecule has 0 atom stereocenters. The van der Waals surface area contributed by atoms with Crippen molar-refractivity contribution in [2.75, 3.05) is 39.6 Å². The Morgan fingerprint density at radius 1 is 0.727 bits per heavy atom. The van der Waals surface area contributed by atoms with Gasteiger partial charge in [-0.3, -0.25) is 9.59 Å². The fourth-order valence-corrected chi connectivity index (χ4v) is 1.14.